The van der Waals surface area contributed by atoms with Gasteiger partial charge in [-0.25, -0.2) is 0 Å². The summed E-state index contributed by atoms with van der Waals surface area (Å²) in [6.45, 7) is 3.50. The lowest BCUT2D eigenvalue weighted by Gasteiger charge is -2.32. The number of nitrogens with zero attached hydrogens (tertiary/aromatic N) is 1. The highest BCUT2D eigenvalue weighted by atomic mass is 35.5. The van der Waals surface area contributed by atoms with Crippen LogP contribution >= 0.6 is 23.2 Å². The molecular formula is C21H25Cl2N3O4. The van der Waals surface area contributed by atoms with Crippen molar-refractivity contribution in [2.75, 3.05) is 26.3 Å². The van der Waals surface area contributed by atoms with Crippen LogP contribution in [0.3, 0.4) is 0 Å². The summed E-state index contributed by atoms with van der Waals surface area (Å²) in [4.78, 5) is 26.2. The van der Waals surface area contributed by atoms with Crippen molar-refractivity contribution in [2.24, 2.45) is 11.7 Å². The van der Waals surface area contributed by atoms with Crippen LogP contribution < -0.4 is 15.8 Å². The number of hydrogen-bond acceptors (Lipinski definition) is 5. The standard InChI is InChI=1S/C21H25Cl2N3O4/c1-13-17(25-19(27)12-29-13)9-15(10-24)21(28)26-7-5-14(6-8-26)11-30-18-4-2-3-16(22)20(18)23/h2-4,9-10,13-14H,5-8,11-12,24H2,1H3,(H,25,27)/b15-10+,17-9+. The van der Waals surface area contributed by atoms with Crippen LogP contribution in [-0.4, -0.2) is 49.1 Å². The summed E-state index contributed by atoms with van der Waals surface area (Å²) in [6.07, 6.45) is 4.13. The number of halogens is 2. The molecule has 0 aromatic heterocycles. The van der Waals surface area contributed by atoms with E-state index < -0.39 is 0 Å². The fourth-order valence-electron chi connectivity index (χ4n) is 3.38. The monoisotopic (exact) mass is 453 g/mol. The molecule has 0 aliphatic carbocycles. The summed E-state index contributed by atoms with van der Waals surface area (Å²) in [5.41, 5.74) is 6.54. The van der Waals surface area contributed by atoms with Gasteiger partial charge in [-0.1, -0.05) is 29.3 Å². The van der Waals surface area contributed by atoms with E-state index in [2.05, 4.69) is 5.32 Å². The lowest BCUT2D eigenvalue weighted by molar-refractivity contribution is -0.130. The van der Waals surface area contributed by atoms with E-state index in [-0.39, 0.29) is 24.5 Å². The Balaban J connectivity index is 1.54. The third-order valence-electron chi connectivity index (χ3n) is 5.22. The number of rotatable bonds is 5. The number of ether oxygens (including phenoxy) is 2. The fourth-order valence-corrected chi connectivity index (χ4v) is 3.73. The van der Waals surface area contributed by atoms with Crippen molar-refractivity contribution in [3.63, 3.8) is 0 Å². The molecule has 1 atom stereocenters. The molecule has 2 saturated heterocycles. The third kappa shape index (κ3) is 5.47. The number of carbonyl (C=O) groups is 2. The van der Waals surface area contributed by atoms with Gasteiger partial charge in [-0.05, 0) is 43.9 Å². The smallest absolute Gasteiger partial charge is 0.255 e. The van der Waals surface area contributed by atoms with Crippen molar-refractivity contribution in [3.8, 4) is 5.75 Å². The molecule has 0 spiro atoms. The van der Waals surface area contributed by atoms with Gasteiger partial charge < -0.3 is 25.4 Å². The summed E-state index contributed by atoms with van der Waals surface area (Å²) in [6, 6.07) is 5.29. The minimum absolute atomic E-state index is 0.00408. The number of nitrogens with two attached hydrogens (primary N) is 1. The predicted octanol–water partition coefficient (Wildman–Crippen LogP) is 2.87. The molecule has 2 amide bonds. The van der Waals surface area contributed by atoms with Crippen LogP contribution in [0.1, 0.15) is 19.8 Å². The van der Waals surface area contributed by atoms with Crippen LogP contribution in [0.15, 0.2) is 41.7 Å². The quantitative estimate of drug-likeness (QED) is 0.668. The second kappa shape index (κ2) is 10.2. The van der Waals surface area contributed by atoms with Gasteiger partial charge in [-0.3, -0.25) is 9.59 Å². The van der Waals surface area contributed by atoms with E-state index in [4.69, 9.17) is 38.4 Å². The number of likely N-dealkylation sites (tertiary alicyclic amines) is 1. The lowest BCUT2D eigenvalue weighted by Crippen LogP contribution is -2.42. The Morgan fingerprint density at radius 1 is 1.37 bits per heavy atom. The van der Waals surface area contributed by atoms with Crippen molar-refractivity contribution < 1.29 is 19.1 Å². The topological polar surface area (TPSA) is 93.9 Å². The van der Waals surface area contributed by atoms with E-state index in [0.717, 1.165) is 12.8 Å². The highest BCUT2D eigenvalue weighted by molar-refractivity contribution is 6.42. The molecule has 30 heavy (non-hydrogen) atoms. The average Bonchev–Trinajstić information content (AvgIpc) is 2.75. The van der Waals surface area contributed by atoms with Crippen LogP contribution in [0, 0.1) is 5.92 Å². The van der Waals surface area contributed by atoms with Crippen molar-refractivity contribution >= 4 is 35.0 Å². The molecule has 0 radical (unpaired) electrons. The Bertz CT molecular complexity index is 864. The molecular weight excluding hydrogens is 429 g/mol. The first-order chi connectivity index (χ1) is 14.4. The van der Waals surface area contributed by atoms with Crippen molar-refractivity contribution in [3.05, 3.63) is 51.8 Å². The van der Waals surface area contributed by atoms with Crippen LogP contribution in [-0.2, 0) is 14.3 Å². The second-order valence-electron chi connectivity index (χ2n) is 7.32. The minimum atomic E-state index is -0.313. The second-order valence-corrected chi connectivity index (χ2v) is 8.11. The Morgan fingerprint density at radius 3 is 2.80 bits per heavy atom. The molecule has 0 bridgehead atoms. The third-order valence-corrected chi connectivity index (χ3v) is 6.02. The Kier molecular flexibility index (Phi) is 7.64. The lowest BCUT2D eigenvalue weighted by atomic mass is 9.97. The molecule has 1 unspecified atom stereocenters. The summed E-state index contributed by atoms with van der Waals surface area (Å²) in [5, 5.41) is 3.59. The van der Waals surface area contributed by atoms with Crippen molar-refractivity contribution in [1.29, 1.82) is 0 Å². The first kappa shape index (κ1) is 22.5. The van der Waals surface area contributed by atoms with Crippen LogP contribution in [0.5, 0.6) is 5.75 Å². The maximum absolute atomic E-state index is 12.9. The van der Waals surface area contributed by atoms with Gasteiger partial charge in [-0.2, -0.15) is 0 Å². The molecule has 9 heteroatoms. The molecule has 1 aromatic carbocycles. The van der Waals surface area contributed by atoms with Crippen LogP contribution in [0.2, 0.25) is 10.0 Å². The molecule has 2 aliphatic heterocycles. The van der Waals surface area contributed by atoms with Gasteiger partial charge in [0.2, 0.25) is 5.91 Å². The molecule has 7 nitrogen and oxygen atoms in total. The summed E-state index contributed by atoms with van der Waals surface area (Å²) in [5.74, 6) is 0.449. The minimum Gasteiger partial charge on any atom is -0.492 e. The van der Waals surface area contributed by atoms with Crippen LogP contribution in [0.4, 0.5) is 0 Å². The Hall–Kier alpha value is -2.22. The summed E-state index contributed by atoms with van der Waals surface area (Å²) in [7, 11) is 0. The maximum Gasteiger partial charge on any atom is 0.255 e. The average molecular weight is 454 g/mol. The van der Waals surface area contributed by atoms with Gasteiger partial charge in [0.05, 0.1) is 23.3 Å². The maximum atomic E-state index is 12.9. The van der Waals surface area contributed by atoms with Gasteiger partial charge in [0, 0.05) is 25.0 Å². The molecule has 2 aliphatic rings. The molecule has 3 N–H and O–H groups in total. The van der Waals surface area contributed by atoms with Gasteiger partial charge in [0.25, 0.3) is 5.91 Å². The predicted molar refractivity (Wildman–Crippen MR) is 115 cm³/mol. The largest absolute Gasteiger partial charge is 0.492 e. The molecule has 0 saturated carbocycles. The normalized spacial score (nSPS) is 22.2. The Morgan fingerprint density at radius 2 is 2.10 bits per heavy atom. The number of amides is 2. The fraction of sp³-hybridized carbons (Fsp3) is 0.429. The van der Waals surface area contributed by atoms with E-state index in [1.165, 1.54) is 6.20 Å². The number of carbonyl (C=O) groups excluding carboxylic acids is 2. The zero-order valence-corrected chi connectivity index (χ0v) is 18.2. The van der Waals surface area contributed by atoms with E-state index in [0.29, 0.717) is 52.7 Å². The van der Waals surface area contributed by atoms with E-state index in [1.807, 2.05) is 6.92 Å². The molecule has 2 heterocycles. The van der Waals surface area contributed by atoms with Gasteiger partial charge in [-0.15, -0.1) is 0 Å². The van der Waals surface area contributed by atoms with Gasteiger partial charge >= 0.3 is 0 Å². The zero-order valence-electron chi connectivity index (χ0n) is 16.7. The summed E-state index contributed by atoms with van der Waals surface area (Å²) < 4.78 is 11.2. The van der Waals surface area contributed by atoms with Crippen molar-refractivity contribution in [2.45, 2.75) is 25.9 Å². The zero-order chi connectivity index (χ0) is 21.7. The van der Waals surface area contributed by atoms with Gasteiger partial charge in [0.15, 0.2) is 0 Å². The van der Waals surface area contributed by atoms with E-state index >= 15 is 0 Å². The first-order valence-corrected chi connectivity index (χ1v) is 10.6. The highest BCUT2D eigenvalue weighted by Gasteiger charge is 2.26. The van der Waals surface area contributed by atoms with Crippen molar-refractivity contribution in [1.82, 2.24) is 10.2 Å². The molecule has 3 rings (SSSR count). The number of morpholine rings is 1. The highest BCUT2D eigenvalue weighted by Crippen LogP contribution is 2.32. The van der Waals surface area contributed by atoms with E-state index in [1.54, 1.807) is 29.2 Å². The molecule has 162 valence electrons. The molecule has 1 aromatic rings. The first-order valence-electron chi connectivity index (χ1n) is 9.80. The van der Waals surface area contributed by atoms with Crippen LogP contribution in [0.25, 0.3) is 0 Å². The van der Waals surface area contributed by atoms with E-state index in [9.17, 15) is 9.59 Å². The Labute approximate surface area is 185 Å². The number of nitrogens with one attached hydrogen (secondary N) is 1. The molecule has 2 fully saturated rings. The SMILES string of the molecule is CC1OCC(=O)N/C1=C/C(=C\N)C(=O)N1CCC(COc2cccc(Cl)c2Cl)CC1. The van der Waals surface area contributed by atoms with Gasteiger partial charge in [0.1, 0.15) is 17.4 Å². The number of piperidine rings is 1. The number of hydrogen-bond donors (Lipinski definition) is 2. The number of benzene rings is 1. The summed E-state index contributed by atoms with van der Waals surface area (Å²) >= 11 is 12.2.